The summed E-state index contributed by atoms with van der Waals surface area (Å²) in [6.07, 6.45) is -0.815. The zero-order chi connectivity index (χ0) is 13.6. The second-order valence-electron chi connectivity index (χ2n) is 5.71. The fraction of sp³-hybridized carbons (Fsp3) is 0.533. The zero-order valence-corrected chi connectivity index (χ0v) is 11.2. The maximum atomic E-state index is 12.1. The number of benzene rings is 1. The van der Waals surface area contributed by atoms with Crippen LogP contribution in [0.1, 0.15) is 25.3 Å². The van der Waals surface area contributed by atoms with Crippen molar-refractivity contribution in [3.05, 3.63) is 29.8 Å². The molecule has 2 aliphatic rings. The molecule has 102 valence electrons. The van der Waals surface area contributed by atoms with E-state index in [1.807, 2.05) is 43.0 Å². The van der Waals surface area contributed by atoms with Gasteiger partial charge in [0.05, 0.1) is 0 Å². The molecule has 1 N–H and O–H groups in total. The number of ether oxygens (including phenoxy) is 1. The highest BCUT2D eigenvalue weighted by Gasteiger charge is 2.45. The molecule has 1 saturated heterocycles. The van der Waals surface area contributed by atoms with Crippen LogP contribution in [0.5, 0.6) is 5.75 Å². The highest BCUT2D eigenvalue weighted by atomic mass is 16.6. The van der Waals surface area contributed by atoms with Gasteiger partial charge in [-0.2, -0.15) is 0 Å². The Labute approximate surface area is 113 Å². The molecule has 2 heterocycles. The first-order valence-corrected chi connectivity index (χ1v) is 6.80. The SMILES string of the molecule is CC(C)C(=O)N1CC2c3ccccc3OC(O)C2C1. The normalized spacial score (nSPS) is 28.8. The van der Waals surface area contributed by atoms with E-state index in [1.165, 1.54) is 0 Å². The summed E-state index contributed by atoms with van der Waals surface area (Å²) in [5.74, 6) is 1.06. The minimum absolute atomic E-state index is 0.00606. The van der Waals surface area contributed by atoms with Gasteiger partial charge < -0.3 is 14.7 Å². The first-order chi connectivity index (χ1) is 9.08. The van der Waals surface area contributed by atoms with E-state index in [1.54, 1.807) is 0 Å². The number of aliphatic hydroxyl groups is 1. The Morgan fingerprint density at radius 1 is 1.37 bits per heavy atom. The van der Waals surface area contributed by atoms with Gasteiger partial charge in [-0.1, -0.05) is 32.0 Å². The third-order valence-corrected chi connectivity index (χ3v) is 4.10. The lowest BCUT2D eigenvalue weighted by Crippen LogP contribution is -2.36. The van der Waals surface area contributed by atoms with Crippen LogP contribution in [0.25, 0.3) is 0 Å². The number of amides is 1. The Kier molecular flexibility index (Phi) is 2.97. The summed E-state index contributed by atoms with van der Waals surface area (Å²) in [6.45, 7) is 5.08. The van der Waals surface area contributed by atoms with E-state index in [-0.39, 0.29) is 23.7 Å². The molecule has 0 radical (unpaired) electrons. The number of carbonyl (C=O) groups is 1. The lowest BCUT2D eigenvalue weighted by molar-refractivity contribution is -0.134. The monoisotopic (exact) mass is 261 g/mol. The van der Waals surface area contributed by atoms with Crippen LogP contribution in [0.15, 0.2) is 24.3 Å². The van der Waals surface area contributed by atoms with E-state index in [0.29, 0.717) is 13.1 Å². The van der Waals surface area contributed by atoms with E-state index in [2.05, 4.69) is 0 Å². The fourth-order valence-corrected chi connectivity index (χ4v) is 3.10. The van der Waals surface area contributed by atoms with Crippen LogP contribution in [0.2, 0.25) is 0 Å². The first-order valence-electron chi connectivity index (χ1n) is 6.80. The van der Waals surface area contributed by atoms with Crippen LogP contribution >= 0.6 is 0 Å². The van der Waals surface area contributed by atoms with Crippen LogP contribution in [0.4, 0.5) is 0 Å². The lowest BCUT2D eigenvalue weighted by Gasteiger charge is -2.31. The Hall–Kier alpha value is -1.55. The largest absolute Gasteiger partial charge is 0.464 e. The molecule has 0 saturated carbocycles. The molecule has 1 amide bonds. The lowest BCUT2D eigenvalue weighted by atomic mass is 9.86. The smallest absolute Gasteiger partial charge is 0.225 e. The van der Waals surface area contributed by atoms with Crippen molar-refractivity contribution in [1.82, 2.24) is 4.90 Å². The van der Waals surface area contributed by atoms with Gasteiger partial charge >= 0.3 is 0 Å². The van der Waals surface area contributed by atoms with Crippen molar-refractivity contribution in [2.75, 3.05) is 13.1 Å². The zero-order valence-electron chi connectivity index (χ0n) is 11.2. The van der Waals surface area contributed by atoms with Crippen molar-refractivity contribution in [3.8, 4) is 5.75 Å². The molecule has 3 atom stereocenters. The van der Waals surface area contributed by atoms with Gasteiger partial charge in [0.1, 0.15) is 5.75 Å². The van der Waals surface area contributed by atoms with Crippen molar-refractivity contribution < 1.29 is 14.6 Å². The highest BCUT2D eigenvalue weighted by molar-refractivity contribution is 5.78. The average molecular weight is 261 g/mol. The molecule has 3 unspecified atom stereocenters. The van der Waals surface area contributed by atoms with Crippen molar-refractivity contribution >= 4 is 5.91 Å². The molecule has 3 rings (SSSR count). The van der Waals surface area contributed by atoms with Crippen LogP contribution in [-0.4, -0.2) is 35.3 Å². The highest BCUT2D eigenvalue weighted by Crippen LogP contribution is 2.43. The topological polar surface area (TPSA) is 49.8 Å². The van der Waals surface area contributed by atoms with Crippen LogP contribution in [0.3, 0.4) is 0 Å². The number of fused-ring (bicyclic) bond motifs is 3. The first kappa shape index (κ1) is 12.5. The predicted octanol–water partition coefficient (Wildman–Crippen LogP) is 1.60. The minimum atomic E-state index is -0.815. The van der Waals surface area contributed by atoms with Gasteiger partial charge in [-0.05, 0) is 11.6 Å². The molecule has 4 heteroatoms. The Morgan fingerprint density at radius 2 is 2.11 bits per heavy atom. The van der Waals surface area contributed by atoms with Gasteiger partial charge in [-0.3, -0.25) is 4.79 Å². The van der Waals surface area contributed by atoms with Gasteiger partial charge in [0.2, 0.25) is 12.2 Å². The second kappa shape index (κ2) is 4.53. The molecular weight excluding hydrogens is 242 g/mol. The van der Waals surface area contributed by atoms with E-state index >= 15 is 0 Å². The molecule has 1 fully saturated rings. The van der Waals surface area contributed by atoms with Gasteiger partial charge in [0.15, 0.2) is 0 Å². The van der Waals surface area contributed by atoms with Gasteiger partial charge in [0, 0.05) is 30.8 Å². The third kappa shape index (κ3) is 2.00. The van der Waals surface area contributed by atoms with E-state index in [9.17, 15) is 9.90 Å². The van der Waals surface area contributed by atoms with Crippen LogP contribution in [-0.2, 0) is 4.79 Å². The summed E-state index contributed by atoms with van der Waals surface area (Å²) in [5, 5.41) is 10.1. The molecule has 1 aromatic rings. The molecule has 0 aromatic heterocycles. The van der Waals surface area contributed by atoms with E-state index < -0.39 is 6.29 Å². The fourth-order valence-electron chi connectivity index (χ4n) is 3.10. The summed E-state index contributed by atoms with van der Waals surface area (Å²) >= 11 is 0. The maximum absolute atomic E-state index is 12.1. The molecule has 0 aliphatic carbocycles. The van der Waals surface area contributed by atoms with Gasteiger partial charge in [0.25, 0.3) is 0 Å². The molecule has 19 heavy (non-hydrogen) atoms. The van der Waals surface area contributed by atoms with E-state index in [0.717, 1.165) is 11.3 Å². The predicted molar refractivity (Wildman–Crippen MR) is 70.7 cm³/mol. The number of rotatable bonds is 1. The molecular formula is C15H19NO3. The van der Waals surface area contributed by atoms with Gasteiger partial charge in [-0.25, -0.2) is 0 Å². The molecule has 0 bridgehead atoms. The number of likely N-dealkylation sites (tertiary alicyclic amines) is 1. The van der Waals surface area contributed by atoms with Crippen molar-refractivity contribution in [2.24, 2.45) is 11.8 Å². The Bertz CT molecular complexity index is 500. The quantitative estimate of drug-likeness (QED) is 0.835. The van der Waals surface area contributed by atoms with Crippen LogP contribution < -0.4 is 4.74 Å². The summed E-state index contributed by atoms with van der Waals surface area (Å²) in [7, 11) is 0. The van der Waals surface area contributed by atoms with E-state index in [4.69, 9.17) is 4.74 Å². The summed E-state index contributed by atoms with van der Waals surface area (Å²) in [5.41, 5.74) is 1.11. The number of nitrogens with zero attached hydrogens (tertiary/aromatic N) is 1. The molecule has 0 spiro atoms. The number of hydrogen-bond acceptors (Lipinski definition) is 3. The van der Waals surface area contributed by atoms with Gasteiger partial charge in [-0.15, -0.1) is 0 Å². The summed E-state index contributed by atoms with van der Waals surface area (Å²) < 4.78 is 5.55. The van der Waals surface area contributed by atoms with Crippen LogP contribution in [0, 0.1) is 11.8 Å². The Morgan fingerprint density at radius 3 is 2.84 bits per heavy atom. The minimum Gasteiger partial charge on any atom is -0.464 e. The maximum Gasteiger partial charge on any atom is 0.225 e. The van der Waals surface area contributed by atoms with Crippen molar-refractivity contribution in [1.29, 1.82) is 0 Å². The second-order valence-corrected chi connectivity index (χ2v) is 5.71. The number of para-hydroxylation sites is 1. The number of aliphatic hydroxyl groups excluding tert-OH is 1. The number of carbonyl (C=O) groups excluding carboxylic acids is 1. The molecule has 1 aromatic carbocycles. The van der Waals surface area contributed by atoms with Crippen molar-refractivity contribution in [3.63, 3.8) is 0 Å². The number of hydrogen-bond donors (Lipinski definition) is 1. The standard InChI is InChI=1S/C15H19NO3/c1-9(2)14(17)16-7-11-10-5-3-4-6-13(10)19-15(18)12(11)8-16/h3-6,9,11-12,15,18H,7-8H2,1-2H3. The van der Waals surface area contributed by atoms with Crippen molar-refractivity contribution in [2.45, 2.75) is 26.1 Å². The summed E-state index contributed by atoms with van der Waals surface area (Å²) in [4.78, 5) is 14.0. The Balaban J connectivity index is 1.90. The summed E-state index contributed by atoms with van der Waals surface area (Å²) in [6, 6.07) is 7.78. The third-order valence-electron chi connectivity index (χ3n) is 4.10. The molecule has 4 nitrogen and oxygen atoms in total. The molecule has 2 aliphatic heterocycles. The average Bonchev–Trinajstić information content (AvgIpc) is 2.83.